The zero-order valence-electron chi connectivity index (χ0n) is 10.4. The lowest BCUT2D eigenvalue weighted by atomic mass is 10.2. The number of anilines is 1. The highest BCUT2D eigenvalue weighted by molar-refractivity contribution is 5.98. The summed E-state index contributed by atoms with van der Waals surface area (Å²) in [6, 6.07) is 3.65. The molecule has 4 N–H and O–H groups in total. The van der Waals surface area contributed by atoms with Crippen LogP contribution in [-0.2, 0) is 0 Å². The fourth-order valence-corrected chi connectivity index (χ4v) is 1.22. The Morgan fingerprint density at radius 3 is 2.88 bits per heavy atom. The van der Waals surface area contributed by atoms with Gasteiger partial charge in [0.25, 0.3) is 5.91 Å². The highest BCUT2D eigenvalue weighted by Gasteiger charge is 2.12. The lowest BCUT2D eigenvalue weighted by molar-refractivity contribution is 0.0944. The van der Waals surface area contributed by atoms with E-state index in [-0.39, 0.29) is 11.9 Å². The number of carbonyl (C=O) groups excluding carboxylic acids is 1. The molecule has 0 radical (unpaired) electrons. The van der Waals surface area contributed by atoms with E-state index in [1.807, 2.05) is 25.9 Å². The average Bonchev–Trinajstić information content (AvgIpc) is 2.35. The van der Waals surface area contributed by atoms with Crippen LogP contribution in [0.4, 0.5) is 5.82 Å². The third kappa shape index (κ3) is 3.69. The van der Waals surface area contributed by atoms with Crippen LogP contribution in [0.25, 0.3) is 0 Å². The number of nitrogen functional groups attached to an aromatic ring is 1. The number of amides is 1. The molecule has 0 aromatic carbocycles. The predicted octanol–water partition coefficient (Wildman–Crippen LogP) is 0.0471. The number of pyridine rings is 1. The minimum absolute atomic E-state index is 0.181. The van der Waals surface area contributed by atoms with Gasteiger partial charge in [0.05, 0.1) is 5.56 Å². The molecule has 0 aliphatic heterocycles. The molecule has 0 aliphatic carbocycles. The van der Waals surface area contributed by atoms with E-state index in [9.17, 15) is 4.79 Å². The number of nitrogens with one attached hydrogen (secondary N) is 2. The van der Waals surface area contributed by atoms with Gasteiger partial charge in [0.1, 0.15) is 0 Å². The second-order valence-corrected chi connectivity index (χ2v) is 4.07. The highest BCUT2D eigenvalue weighted by atomic mass is 16.1. The largest absolute Gasteiger partial charge is 0.350 e. The Balaban J connectivity index is 2.64. The zero-order valence-corrected chi connectivity index (χ0v) is 10.4. The molecule has 0 aliphatic rings. The van der Waals surface area contributed by atoms with Crippen molar-refractivity contribution in [3.8, 4) is 0 Å². The van der Waals surface area contributed by atoms with Gasteiger partial charge in [-0.15, -0.1) is 0 Å². The van der Waals surface area contributed by atoms with Crippen LogP contribution in [0.1, 0.15) is 17.3 Å². The van der Waals surface area contributed by atoms with E-state index in [1.54, 1.807) is 18.3 Å². The number of hydrogen-bond acceptors (Lipinski definition) is 5. The summed E-state index contributed by atoms with van der Waals surface area (Å²) in [6.07, 6.45) is 1.58. The molecule has 0 spiro atoms. The molecule has 0 bridgehead atoms. The molecule has 1 atom stereocenters. The fraction of sp³-hybridized carbons (Fsp3) is 0.455. The molecule has 0 saturated heterocycles. The van der Waals surface area contributed by atoms with Gasteiger partial charge in [-0.3, -0.25) is 4.79 Å². The molecule has 1 heterocycles. The molecular formula is C11H19N5O. The van der Waals surface area contributed by atoms with E-state index >= 15 is 0 Å². The second kappa shape index (κ2) is 6.17. The van der Waals surface area contributed by atoms with Crippen molar-refractivity contribution in [2.24, 2.45) is 5.84 Å². The first-order valence-electron chi connectivity index (χ1n) is 5.42. The van der Waals surface area contributed by atoms with Crippen molar-refractivity contribution in [3.05, 3.63) is 23.9 Å². The van der Waals surface area contributed by atoms with Crippen LogP contribution in [0.15, 0.2) is 18.3 Å². The monoisotopic (exact) mass is 237 g/mol. The van der Waals surface area contributed by atoms with Crippen LogP contribution in [0.2, 0.25) is 0 Å². The summed E-state index contributed by atoms with van der Waals surface area (Å²) in [5.41, 5.74) is 2.85. The highest BCUT2D eigenvalue weighted by Crippen LogP contribution is 2.09. The van der Waals surface area contributed by atoms with E-state index in [2.05, 4.69) is 15.7 Å². The van der Waals surface area contributed by atoms with E-state index in [1.165, 1.54) is 0 Å². The molecule has 6 heteroatoms. The molecule has 1 aromatic rings. The van der Waals surface area contributed by atoms with Gasteiger partial charge in [-0.1, -0.05) is 0 Å². The molecule has 1 rings (SSSR count). The Morgan fingerprint density at radius 1 is 1.59 bits per heavy atom. The van der Waals surface area contributed by atoms with Crippen LogP contribution in [0.5, 0.6) is 0 Å². The Kier molecular flexibility index (Phi) is 4.86. The lowest BCUT2D eigenvalue weighted by Gasteiger charge is -2.20. The maximum atomic E-state index is 11.9. The molecule has 94 valence electrons. The number of likely N-dealkylation sites (N-methyl/N-ethyl adjacent to an activating group) is 1. The number of nitrogens with zero attached hydrogens (tertiary/aromatic N) is 2. The molecule has 1 amide bonds. The summed E-state index contributed by atoms with van der Waals surface area (Å²) in [5.74, 6) is 5.49. The topological polar surface area (TPSA) is 83.3 Å². The summed E-state index contributed by atoms with van der Waals surface area (Å²) in [7, 11) is 3.93. The maximum Gasteiger partial charge on any atom is 0.255 e. The predicted molar refractivity (Wildman–Crippen MR) is 67.5 cm³/mol. The van der Waals surface area contributed by atoms with E-state index < -0.39 is 0 Å². The van der Waals surface area contributed by atoms with Gasteiger partial charge in [-0.05, 0) is 33.2 Å². The van der Waals surface area contributed by atoms with Crippen molar-refractivity contribution in [2.45, 2.75) is 13.0 Å². The maximum absolute atomic E-state index is 11.9. The van der Waals surface area contributed by atoms with Gasteiger partial charge in [0, 0.05) is 18.8 Å². The Bertz CT molecular complexity index is 380. The van der Waals surface area contributed by atoms with Crippen LogP contribution < -0.4 is 16.6 Å². The van der Waals surface area contributed by atoms with Crippen molar-refractivity contribution in [1.82, 2.24) is 15.2 Å². The Hall–Kier alpha value is -1.66. The van der Waals surface area contributed by atoms with Crippen LogP contribution in [0.3, 0.4) is 0 Å². The summed E-state index contributed by atoms with van der Waals surface area (Å²) in [4.78, 5) is 17.9. The smallest absolute Gasteiger partial charge is 0.255 e. The standard InChI is InChI=1S/C11H19N5O/c1-8(16(2)3)7-14-11(17)9-5-4-6-13-10(9)15-12/h4-6,8H,7,12H2,1-3H3,(H,13,15)(H,14,17). The molecule has 1 aromatic heterocycles. The summed E-state index contributed by atoms with van der Waals surface area (Å²) >= 11 is 0. The molecule has 0 fully saturated rings. The number of aromatic nitrogens is 1. The van der Waals surface area contributed by atoms with E-state index in [0.717, 1.165) is 0 Å². The molecule has 0 saturated carbocycles. The van der Waals surface area contributed by atoms with Gasteiger partial charge in [0.2, 0.25) is 0 Å². The fourth-order valence-electron chi connectivity index (χ4n) is 1.22. The Morgan fingerprint density at radius 2 is 2.29 bits per heavy atom. The SMILES string of the molecule is CC(CNC(=O)c1cccnc1NN)N(C)C. The second-order valence-electron chi connectivity index (χ2n) is 4.07. The van der Waals surface area contributed by atoms with Crippen LogP contribution >= 0.6 is 0 Å². The van der Waals surface area contributed by atoms with Gasteiger partial charge >= 0.3 is 0 Å². The van der Waals surface area contributed by atoms with Gasteiger partial charge in [0.15, 0.2) is 5.82 Å². The van der Waals surface area contributed by atoms with Gasteiger partial charge in [-0.2, -0.15) is 0 Å². The quantitative estimate of drug-likeness (QED) is 0.498. The minimum atomic E-state index is -0.181. The first kappa shape index (κ1) is 13.4. The Labute approximate surface area is 101 Å². The van der Waals surface area contributed by atoms with Crippen molar-refractivity contribution in [3.63, 3.8) is 0 Å². The molecule has 1 unspecified atom stereocenters. The van der Waals surface area contributed by atoms with Crippen molar-refractivity contribution < 1.29 is 4.79 Å². The number of hydrogen-bond donors (Lipinski definition) is 3. The van der Waals surface area contributed by atoms with Crippen LogP contribution in [0, 0.1) is 0 Å². The van der Waals surface area contributed by atoms with Crippen molar-refractivity contribution in [2.75, 3.05) is 26.1 Å². The van der Waals surface area contributed by atoms with Gasteiger partial charge < -0.3 is 15.6 Å². The summed E-state index contributed by atoms with van der Waals surface area (Å²) < 4.78 is 0. The first-order valence-corrected chi connectivity index (χ1v) is 5.42. The van der Waals surface area contributed by atoms with Crippen molar-refractivity contribution in [1.29, 1.82) is 0 Å². The summed E-state index contributed by atoms with van der Waals surface area (Å²) in [5, 5.41) is 2.84. The molecule has 6 nitrogen and oxygen atoms in total. The van der Waals surface area contributed by atoms with E-state index in [4.69, 9.17) is 5.84 Å². The zero-order chi connectivity index (χ0) is 12.8. The van der Waals surface area contributed by atoms with E-state index in [0.29, 0.717) is 17.9 Å². The number of rotatable bonds is 5. The number of nitrogens with two attached hydrogens (primary N) is 1. The van der Waals surface area contributed by atoms with Crippen molar-refractivity contribution >= 4 is 11.7 Å². The number of carbonyl (C=O) groups is 1. The molecule has 17 heavy (non-hydrogen) atoms. The van der Waals surface area contributed by atoms with Gasteiger partial charge in [-0.25, -0.2) is 10.8 Å². The third-order valence-electron chi connectivity index (χ3n) is 2.63. The average molecular weight is 237 g/mol. The number of hydrazine groups is 1. The third-order valence-corrected chi connectivity index (χ3v) is 2.63. The first-order chi connectivity index (χ1) is 8.06. The van der Waals surface area contributed by atoms with Crippen LogP contribution in [-0.4, -0.2) is 42.5 Å². The lowest BCUT2D eigenvalue weighted by Crippen LogP contribution is -2.38. The summed E-state index contributed by atoms with van der Waals surface area (Å²) in [6.45, 7) is 2.61. The molecular weight excluding hydrogens is 218 g/mol. The normalized spacial score (nSPS) is 12.3. The minimum Gasteiger partial charge on any atom is -0.350 e.